The van der Waals surface area contributed by atoms with Crippen molar-refractivity contribution in [2.75, 3.05) is 31.1 Å². The molecule has 9 heteroatoms. The molecule has 176 valence electrons. The Hall–Kier alpha value is -2.49. The smallest absolute Gasteiger partial charge is 0.241 e. The number of aryl methyl sites for hydroxylation is 1. The molecule has 7 nitrogen and oxygen atoms in total. The van der Waals surface area contributed by atoms with Crippen molar-refractivity contribution in [3.05, 3.63) is 53.5 Å². The van der Waals surface area contributed by atoms with Gasteiger partial charge in [-0.15, -0.1) is 11.3 Å². The number of carbonyl (C=O) groups excluding carboxylic acids is 1. The molecule has 0 bridgehead atoms. The van der Waals surface area contributed by atoms with Gasteiger partial charge in [0.15, 0.2) is 0 Å². The van der Waals surface area contributed by atoms with Gasteiger partial charge < -0.3 is 9.80 Å². The van der Waals surface area contributed by atoms with Crippen LogP contribution in [-0.2, 0) is 14.8 Å². The Morgan fingerprint density at radius 3 is 2.45 bits per heavy atom. The highest BCUT2D eigenvalue weighted by Crippen LogP contribution is 2.25. The van der Waals surface area contributed by atoms with E-state index in [1.165, 1.54) is 11.3 Å². The summed E-state index contributed by atoms with van der Waals surface area (Å²) in [5.41, 5.74) is 1.92. The molecule has 1 N–H and O–H groups in total. The third-order valence-electron chi connectivity index (χ3n) is 5.79. The van der Waals surface area contributed by atoms with E-state index >= 15 is 0 Å². The monoisotopic (exact) mass is 486 g/mol. The Morgan fingerprint density at radius 1 is 1.09 bits per heavy atom. The lowest BCUT2D eigenvalue weighted by molar-refractivity contribution is -0.133. The molecule has 0 radical (unpaired) electrons. The van der Waals surface area contributed by atoms with Gasteiger partial charge in [0.2, 0.25) is 15.9 Å². The molecule has 0 spiro atoms. The summed E-state index contributed by atoms with van der Waals surface area (Å²) in [4.78, 5) is 22.0. The summed E-state index contributed by atoms with van der Waals surface area (Å²) in [6.45, 7) is 8.46. The van der Waals surface area contributed by atoms with Crippen LogP contribution in [0.15, 0.2) is 53.4 Å². The number of hydrogen-bond donors (Lipinski definition) is 1. The zero-order chi connectivity index (χ0) is 23.6. The van der Waals surface area contributed by atoms with Crippen molar-refractivity contribution < 1.29 is 13.2 Å². The number of amides is 1. The lowest BCUT2D eigenvalue weighted by atomic mass is 10.0. The summed E-state index contributed by atoms with van der Waals surface area (Å²) in [6, 6.07) is 14.2. The van der Waals surface area contributed by atoms with E-state index in [-0.39, 0.29) is 16.7 Å². The van der Waals surface area contributed by atoms with Crippen LogP contribution in [0, 0.1) is 12.8 Å². The number of rotatable bonds is 7. The zero-order valence-corrected chi connectivity index (χ0v) is 20.8. The zero-order valence-electron chi connectivity index (χ0n) is 19.2. The van der Waals surface area contributed by atoms with E-state index in [1.54, 1.807) is 23.1 Å². The number of carbonyl (C=O) groups is 1. The fraction of sp³-hybridized carbons (Fsp3) is 0.417. The number of sulfonamides is 1. The molecule has 1 atom stereocenters. The summed E-state index contributed by atoms with van der Waals surface area (Å²) in [5.74, 6) is 0.00795. The minimum Gasteiger partial charge on any atom is -0.368 e. The Kier molecular flexibility index (Phi) is 7.02. The first-order chi connectivity index (χ1) is 15.7. The highest BCUT2D eigenvalue weighted by Gasteiger charge is 2.32. The molecule has 1 amide bonds. The summed E-state index contributed by atoms with van der Waals surface area (Å²) in [7, 11) is -3.85. The van der Waals surface area contributed by atoms with Gasteiger partial charge >= 0.3 is 0 Å². The van der Waals surface area contributed by atoms with Gasteiger partial charge in [-0.3, -0.25) is 4.79 Å². The van der Waals surface area contributed by atoms with Crippen molar-refractivity contribution in [2.24, 2.45) is 5.92 Å². The average Bonchev–Trinajstić information content (AvgIpc) is 3.17. The number of para-hydroxylation sites is 1. The van der Waals surface area contributed by atoms with Crippen LogP contribution >= 0.6 is 11.3 Å². The molecular weight excluding hydrogens is 456 g/mol. The summed E-state index contributed by atoms with van der Waals surface area (Å²) >= 11 is 1.46. The third-order valence-corrected chi connectivity index (χ3v) is 8.20. The second kappa shape index (κ2) is 9.79. The van der Waals surface area contributed by atoms with Crippen molar-refractivity contribution in [2.45, 2.75) is 38.1 Å². The van der Waals surface area contributed by atoms with Gasteiger partial charge in [0, 0.05) is 31.9 Å². The molecule has 1 saturated heterocycles. The van der Waals surface area contributed by atoms with E-state index in [2.05, 4.69) is 26.7 Å². The van der Waals surface area contributed by atoms with Crippen LogP contribution < -0.4 is 9.62 Å². The van der Waals surface area contributed by atoms with Gasteiger partial charge in [-0.25, -0.2) is 13.4 Å². The molecule has 33 heavy (non-hydrogen) atoms. The Morgan fingerprint density at radius 2 is 1.79 bits per heavy atom. The first-order valence-electron chi connectivity index (χ1n) is 11.2. The fourth-order valence-electron chi connectivity index (χ4n) is 4.16. The molecule has 0 aliphatic carbocycles. The van der Waals surface area contributed by atoms with Crippen LogP contribution in [0.5, 0.6) is 0 Å². The molecule has 1 fully saturated rings. The maximum atomic E-state index is 13.4. The van der Waals surface area contributed by atoms with Crippen LogP contribution in [0.4, 0.5) is 5.69 Å². The van der Waals surface area contributed by atoms with Crippen molar-refractivity contribution in [1.82, 2.24) is 14.6 Å². The van der Waals surface area contributed by atoms with Gasteiger partial charge in [-0.1, -0.05) is 32.0 Å². The SMILES string of the molecule is Cc1nc2ccc(S(=O)(=O)NC(CC(C)C)C(=O)N3CCN(c4ccccc4)CC3)cc2s1. The number of fused-ring (bicyclic) bond motifs is 1. The topological polar surface area (TPSA) is 82.6 Å². The van der Waals surface area contributed by atoms with E-state index in [9.17, 15) is 13.2 Å². The number of nitrogens with zero attached hydrogens (tertiary/aromatic N) is 3. The van der Waals surface area contributed by atoms with Gasteiger partial charge in [0.05, 0.1) is 20.1 Å². The molecule has 3 aromatic rings. The summed E-state index contributed by atoms with van der Waals surface area (Å²) in [6.07, 6.45) is 0.443. The molecule has 1 aromatic heterocycles. The van der Waals surface area contributed by atoms with E-state index in [4.69, 9.17) is 0 Å². The van der Waals surface area contributed by atoms with Crippen molar-refractivity contribution in [3.8, 4) is 0 Å². The maximum Gasteiger partial charge on any atom is 0.241 e. The molecular formula is C24H30N4O3S2. The second-order valence-electron chi connectivity index (χ2n) is 8.81. The van der Waals surface area contributed by atoms with Crippen LogP contribution in [0.2, 0.25) is 0 Å². The van der Waals surface area contributed by atoms with Crippen LogP contribution in [0.1, 0.15) is 25.3 Å². The molecule has 1 unspecified atom stereocenters. The van der Waals surface area contributed by atoms with E-state index < -0.39 is 16.1 Å². The predicted octanol–water partition coefficient (Wildman–Crippen LogP) is 3.65. The maximum absolute atomic E-state index is 13.4. The lowest BCUT2D eigenvalue weighted by Gasteiger charge is -2.37. The van der Waals surface area contributed by atoms with E-state index in [1.807, 2.05) is 39.0 Å². The molecule has 4 rings (SSSR count). The number of aromatic nitrogens is 1. The Balaban J connectivity index is 1.48. The number of benzene rings is 2. The standard InChI is InChI=1S/C24H30N4O3S2/c1-17(2)15-22(24(29)28-13-11-27(12-14-28)19-7-5-4-6-8-19)26-33(30,31)20-9-10-21-23(16-20)32-18(3)25-21/h4-10,16-17,22,26H,11-15H2,1-3H3. The Bertz CT molecular complexity index is 1220. The number of nitrogens with one attached hydrogen (secondary N) is 1. The first kappa shape index (κ1) is 23.7. The van der Waals surface area contributed by atoms with Crippen LogP contribution in [0.25, 0.3) is 10.2 Å². The fourth-order valence-corrected chi connectivity index (χ4v) is 6.33. The van der Waals surface area contributed by atoms with Gasteiger partial charge in [-0.2, -0.15) is 4.72 Å². The summed E-state index contributed by atoms with van der Waals surface area (Å²) < 4.78 is 29.9. The molecule has 2 heterocycles. The first-order valence-corrected chi connectivity index (χ1v) is 13.5. The number of piperazine rings is 1. The van der Waals surface area contributed by atoms with E-state index in [0.717, 1.165) is 34.0 Å². The number of anilines is 1. The van der Waals surface area contributed by atoms with Crippen molar-refractivity contribution in [3.63, 3.8) is 0 Å². The third kappa shape index (κ3) is 5.54. The highest BCUT2D eigenvalue weighted by molar-refractivity contribution is 7.89. The number of thiazole rings is 1. The molecule has 0 saturated carbocycles. The average molecular weight is 487 g/mol. The lowest BCUT2D eigenvalue weighted by Crippen LogP contribution is -2.55. The van der Waals surface area contributed by atoms with Gasteiger partial charge in [0.1, 0.15) is 6.04 Å². The number of hydrogen-bond acceptors (Lipinski definition) is 6. The van der Waals surface area contributed by atoms with Crippen LogP contribution in [0.3, 0.4) is 0 Å². The predicted molar refractivity (Wildman–Crippen MR) is 133 cm³/mol. The molecule has 1 aliphatic rings. The highest BCUT2D eigenvalue weighted by atomic mass is 32.2. The normalized spacial score (nSPS) is 15.9. The van der Waals surface area contributed by atoms with Crippen LogP contribution in [-0.4, -0.2) is 56.4 Å². The van der Waals surface area contributed by atoms with Gasteiger partial charge in [0.25, 0.3) is 0 Å². The van der Waals surface area contributed by atoms with Crippen molar-refractivity contribution >= 4 is 43.2 Å². The Labute approximate surface area is 199 Å². The minimum atomic E-state index is -3.85. The quantitative estimate of drug-likeness (QED) is 0.551. The van der Waals surface area contributed by atoms with Gasteiger partial charge in [-0.05, 0) is 49.6 Å². The second-order valence-corrected chi connectivity index (χ2v) is 11.8. The largest absolute Gasteiger partial charge is 0.368 e. The summed E-state index contributed by atoms with van der Waals surface area (Å²) in [5, 5.41) is 0.884. The minimum absolute atomic E-state index is 0.158. The molecule has 1 aliphatic heterocycles. The van der Waals surface area contributed by atoms with E-state index in [0.29, 0.717) is 19.5 Å². The van der Waals surface area contributed by atoms with Crippen molar-refractivity contribution in [1.29, 1.82) is 0 Å². The molecule has 2 aromatic carbocycles.